The van der Waals surface area contributed by atoms with Crippen LogP contribution >= 0.6 is 11.8 Å². The number of hydrogen-bond acceptors (Lipinski definition) is 9. The number of unbranched alkanes of at least 4 members (excludes halogenated alkanes) is 1. The van der Waals surface area contributed by atoms with E-state index in [2.05, 4.69) is 25.9 Å². The maximum Gasteiger partial charge on any atom is 0.326 e. The zero-order chi connectivity index (χ0) is 27.8. The van der Waals surface area contributed by atoms with Gasteiger partial charge in [-0.2, -0.15) is 11.8 Å². The quantitative estimate of drug-likeness (QED) is 0.0890. The van der Waals surface area contributed by atoms with Gasteiger partial charge in [0.05, 0.1) is 12.4 Å². The van der Waals surface area contributed by atoms with E-state index in [0.29, 0.717) is 37.3 Å². The maximum atomic E-state index is 13.2. The first-order valence-corrected chi connectivity index (χ1v) is 13.3. The molecule has 0 aromatic carbocycles. The number of carboxylic acids is 1. The van der Waals surface area contributed by atoms with Gasteiger partial charge in [-0.05, 0) is 50.7 Å². The van der Waals surface area contributed by atoms with Gasteiger partial charge in [-0.3, -0.25) is 19.2 Å². The number of carbonyl (C=O) groups excluding carboxylic acids is 4. The van der Waals surface area contributed by atoms with Gasteiger partial charge in [0.15, 0.2) is 0 Å². The van der Waals surface area contributed by atoms with Gasteiger partial charge in [0.1, 0.15) is 18.1 Å². The van der Waals surface area contributed by atoms with Crippen molar-refractivity contribution in [2.24, 2.45) is 17.2 Å². The number of primary amides is 1. The minimum Gasteiger partial charge on any atom is -0.480 e. The highest BCUT2D eigenvalue weighted by Crippen LogP contribution is 2.07. The van der Waals surface area contributed by atoms with Crippen LogP contribution in [-0.2, 0) is 30.4 Å². The number of nitrogens with zero attached hydrogens (tertiary/aromatic N) is 1. The third kappa shape index (κ3) is 12.6. The first-order valence-electron chi connectivity index (χ1n) is 11.9. The van der Waals surface area contributed by atoms with E-state index < -0.39 is 53.8 Å². The number of nitrogens with one attached hydrogen (secondary N) is 4. The number of carboxylic acid groups (broad SMARTS) is 1. The van der Waals surface area contributed by atoms with E-state index in [-0.39, 0.29) is 25.7 Å². The van der Waals surface area contributed by atoms with Crippen molar-refractivity contribution in [3.05, 3.63) is 18.2 Å². The van der Waals surface area contributed by atoms with Gasteiger partial charge in [0, 0.05) is 24.7 Å². The number of nitrogens with two attached hydrogens (primary N) is 3. The van der Waals surface area contributed by atoms with Crippen LogP contribution in [0.4, 0.5) is 0 Å². The number of amides is 4. The standard InChI is InChI=1S/C22H38N8O6S/c1-37-9-7-14(24)19(32)28-15(4-2-3-8-23)20(33)30-17(10-13-11-26-12-27-13)21(34)29-16(22(35)36)5-6-18(25)31/h11-12,14-17H,2-10,23-24H2,1H3,(H2,25,31)(H,26,27)(H,28,32)(H,29,34)(H,30,33)(H,35,36). The van der Waals surface area contributed by atoms with Gasteiger partial charge in [0.25, 0.3) is 0 Å². The van der Waals surface area contributed by atoms with Crippen molar-refractivity contribution >= 4 is 41.4 Å². The Balaban J connectivity index is 3.03. The van der Waals surface area contributed by atoms with E-state index >= 15 is 0 Å². The minimum absolute atomic E-state index is 0.0313. The van der Waals surface area contributed by atoms with Crippen LogP contribution in [0.2, 0.25) is 0 Å². The second-order valence-corrected chi connectivity index (χ2v) is 9.47. The van der Waals surface area contributed by atoms with Gasteiger partial charge in [-0.25, -0.2) is 9.78 Å². The number of imidazole rings is 1. The fourth-order valence-electron chi connectivity index (χ4n) is 3.33. The molecule has 1 aromatic heterocycles. The van der Waals surface area contributed by atoms with Gasteiger partial charge in [-0.15, -0.1) is 0 Å². The summed E-state index contributed by atoms with van der Waals surface area (Å²) in [6.07, 6.45) is 6.10. The molecular weight excluding hydrogens is 504 g/mol. The molecule has 208 valence electrons. The molecule has 4 unspecified atom stereocenters. The van der Waals surface area contributed by atoms with Gasteiger partial charge in [0.2, 0.25) is 23.6 Å². The van der Waals surface area contributed by atoms with Gasteiger partial charge < -0.3 is 43.2 Å². The molecule has 11 N–H and O–H groups in total. The normalized spacial score (nSPS) is 14.1. The summed E-state index contributed by atoms with van der Waals surface area (Å²) in [6, 6.07) is -4.39. The van der Waals surface area contributed by atoms with Crippen molar-refractivity contribution in [3.8, 4) is 0 Å². The zero-order valence-corrected chi connectivity index (χ0v) is 21.7. The van der Waals surface area contributed by atoms with Crippen molar-refractivity contribution in [1.82, 2.24) is 25.9 Å². The molecule has 1 aromatic rings. The summed E-state index contributed by atoms with van der Waals surface area (Å²) in [4.78, 5) is 68.2. The van der Waals surface area contributed by atoms with Crippen molar-refractivity contribution in [2.75, 3.05) is 18.6 Å². The lowest BCUT2D eigenvalue weighted by molar-refractivity contribution is -0.142. The van der Waals surface area contributed by atoms with Crippen LogP contribution in [0.25, 0.3) is 0 Å². The molecule has 4 amide bonds. The molecule has 0 fully saturated rings. The van der Waals surface area contributed by atoms with Crippen molar-refractivity contribution in [2.45, 2.75) is 69.1 Å². The number of hydrogen-bond donors (Lipinski definition) is 8. The fraction of sp³-hybridized carbons (Fsp3) is 0.636. The molecule has 0 saturated heterocycles. The second-order valence-electron chi connectivity index (χ2n) is 8.48. The molecule has 0 aliphatic carbocycles. The summed E-state index contributed by atoms with van der Waals surface area (Å²) in [5.41, 5.74) is 17.1. The average Bonchev–Trinajstić information content (AvgIpc) is 3.36. The summed E-state index contributed by atoms with van der Waals surface area (Å²) in [5.74, 6) is -3.31. The first-order chi connectivity index (χ1) is 17.6. The number of aliphatic carboxylic acids is 1. The van der Waals surface area contributed by atoms with Gasteiger partial charge in [-0.1, -0.05) is 0 Å². The summed E-state index contributed by atoms with van der Waals surface area (Å²) in [6.45, 7) is 0.405. The highest BCUT2D eigenvalue weighted by molar-refractivity contribution is 7.98. The molecule has 0 saturated carbocycles. The fourth-order valence-corrected chi connectivity index (χ4v) is 3.82. The lowest BCUT2D eigenvalue weighted by atomic mass is 10.0. The van der Waals surface area contributed by atoms with E-state index in [9.17, 15) is 29.1 Å². The molecule has 0 aliphatic heterocycles. The Bertz CT molecular complexity index is 885. The molecule has 0 spiro atoms. The molecule has 0 aliphatic rings. The minimum atomic E-state index is -1.39. The lowest BCUT2D eigenvalue weighted by Gasteiger charge is -2.25. The number of aromatic amines is 1. The summed E-state index contributed by atoms with van der Waals surface area (Å²) in [5, 5.41) is 17.0. The van der Waals surface area contributed by atoms with E-state index in [1.807, 2.05) is 6.26 Å². The van der Waals surface area contributed by atoms with Crippen LogP contribution in [-0.4, -0.2) is 87.4 Å². The van der Waals surface area contributed by atoms with Crippen LogP contribution in [0, 0.1) is 0 Å². The largest absolute Gasteiger partial charge is 0.480 e. The van der Waals surface area contributed by atoms with Crippen LogP contribution in [0.15, 0.2) is 12.5 Å². The second kappa shape index (κ2) is 17.3. The van der Waals surface area contributed by atoms with Crippen LogP contribution in [0.3, 0.4) is 0 Å². The first kappa shape index (κ1) is 31.9. The summed E-state index contributed by atoms with van der Waals surface area (Å²) < 4.78 is 0. The monoisotopic (exact) mass is 542 g/mol. The molecule has 15 heteroatoms. The Kier molecular flexibility index (Phi) is 14.9. The Labute approximate surface area is 219 Å². The molecule has 14 nitrogen and oxygen atoms in total. The van der Waals surface area contributed by atoms with Crippen molar-refractivity contribution in [3.63, 3.8) is 0 Å². The summed E-state index contributed by atoms with van der Waals surface area (Å²) in [7, 11) is 0. The van der Waals surface area contributed by atoms with Crippen LogP contribution in [0.5, 0.6) is 0 Å². The van der Waals surface area contributed by atoms with Crippen LogP contribution in [0.1, 0.15) is 44.2 Å². The molecule has 0 radical (unpaired) electrons. The molecule has 0 bridgehead atoms. The van der Waals surface area contributed by atoms with Crippen LogP contribution < -0.4 is 33.2 Å². The summed E-state index contributed by atoms with van der Waals surface area (Å²) >= 11 is 1.54. The third-order valence-electron chi connectivity index (χ3n) is 5.46. The highest BCUT2D eigenvalue weighted by atomic mass is 32.2. The predicted molar refractivity (Wildman–Crippen MR) is 138 cm³/mol. The number of carbonyl (C=O) groups is 5. The van der Waals surface area contributed by atoms with E-state index in [4.69, 9.17) is 17.2 Å². The van der Waals surface area contributed by atoms with E-state index in [0.717, 1.165) is 0 Å². The number of thioether (sulfide) groups is 1. The molecule has 4 atom stereocenters. The smallest absolute Gasteiger partial charge is 0.326 e. The zero-order valence-electron chi connectivity index (χ0n) is 20.9. The Morgan fingerprint density at radius 2 is 1.65 bits per heavy atom. The predicted octanol–water partition coefficient (Wildman–Crippen LogP) is -2.03. The SMILES string of the molecule is CSCCC(N)C(=O)NC(CCCCN)C(=O)NC(Cc1cnc[nH]1)C(=O)NC(CCC(N)=O)C(=O)O. The van der Waals surface area contributed by atoms with E-state index in [1.54, 1.807) is 11.8 Å². The highest BCUT2D eigenvalue weighted by Gasteiger charge is 2.30. The van der Waals surface area contributed by atoms with Gasteiger partial charge >= 0.3 is 5.97 Å². The molecule has 1 heterocycles. The van der Waals surface area contributed by atoms with Crippen molar-refractivity contribution < 1.29 is 29.1 Å². The lowest BCUT2D eigenvalue weighted by Crippen LogP contribution is -2.57. The maximum absolute atomic E-state index is 13.2. The topological polar surface area (TPSA) is 248 Å². The number of rotatable bonds is 19. The average molecular weight is 543 g/mol. The van der Waals surface area contributed by atoms with Crippen molar-refractivity contribution in [1.29, 1.82) is 0 Å². The Morgan fingerprint density at radius 1 is 1.00 bits per heavy atom. The number of aromatic nitrogens is 2. The number of H-pyrrole nitrogens is 1. The van der Waals surface area contributed by atoms with E-state index in [1.165, 1.54) is 12.5 Å². The Hall–Kier alpha value is -3.17. The third-order valence-corrected chi connectivity index (χ3v) is 6.10. The molecular formula is C22H38N8O6S. The molecule has 37 heavy (non-hydrogen) atoms. The Morgan fingerprint density at radius 3 is 2.22 bits per heavy atom. The molecule has 1 rings (SSSR count).